The Kier molecular flexibility index (Phi) is 6.44. The van der Waals surface area contributed by atoms with Gasteiger partial charge in [0.2, 0.25) is 0 Å². The van der Waals surface area contributed by atoms with Crippen molar-refractivity contribution in [3.05, 3.63) is 59.8 Å². The third kappa shape index (κ3) is 5.46. The van der Waals surface area contributed by atoms with Crippen molar-refractivity contribution in [2.75, 3.05) is 31.1 Å². The van der Waals surface area contributed by atoms with Crippen molar-refractivity contribution in [1.82, 2.24) is 10.3 Å². The number of rotatable bonds is 6. The van der Waals surface area contributed by atoms with E-state index in [2.05, 4.69) is 45.3 Å². The van der Waals surface area contributed by atoms with Gasteiger partial charge in [-0.3, -0.25) is 0 Å². The Hall–Kier alpha value is -2.60. The molecule has 1 unspecified atom stereocenters. The van der Waals surface area contributed by atoms with Crippen LogP contribution in [0, 0.1) is 0 Å². The lowest BCUT2D eigenvalue weighted by Crippen LogP contribution is -2.41. The van der Waals surface area contributed by atoms with Crippen LogP contribution in [0.5, 0.6) is 0 Å². The minimum Gasteiger partial charge on any atom is -0.375 e. The molecule has 2 aromatic rings. The molecule has 1 saturated heterocycles. The van der Waals surface area contributed by atoms with Gasteiger partial charge in [0.05, 0.1) is 19.3 Å². The van der Waals surface area contributed by atoms with E-state index in [-0.39, 0.29) is 6.10 Å². The zero-order valence-corrected chi connectivity index (χ0v) is 15.3. The Bertz CT molecular complexity index is 702. The first-order valence-electron chi connectivity index (χ1n) is 9.10. The van der Waals surface area contributed by atoms with E-state index >= 15 is 0 Å². The number of morpholine rings is 1. The molecule has 1 fully saturated rings. The van der Waals surface area contributed by atoms with Crippen molar-refractivity contribution in [3.63, 3.8) is 0 Å². The van der Waals surface area contributed by atoms with E-state index < -0.39 is 0 Å². The number of pyridine rings is 1. The van der Waals surface area contributed by atoms with Crippen LogP contribution < -0.4 is 16.0 Å². The normalized spacial score (nSPS) is 18.0. The van der Waals surface area contributed by atoms with Crippen LogP contribution in [0.25, 0.3) is 0 Å². The van der Waals surface area contributed by atoms with E-state index in [4.69, 9.17) is 10.5 Å². The Balaban J connectivity index is 1.45. The zero-order valence-electron chi connectivity index (χ0n) is 15.3. The summed E-state index contributed by atoms with van der Waals surface area (Å²) < 4.78 is 5.57. The molecule has 3 rings (SSSR count). The third-order valence-corrected chi connectivity index (χ3v) is 4.37. The number of nitrogens with two attached hydrogens (primary N) is 1. The lowest BCUT2D eigenvalue weighted by molar-refractivity contribution is 0.0529. The Morgan fingerprint density at radius 3 is 2.85 bits per heavy atom. The van der Waals surface area contributed by atoms with E-state index in [0.717, 1.165) is 44.0 Å². The van der Waals surface area contributed by atoms with Crippen LogP contribution in [0.15, 0.2) is 53.7 Å². The molecule has 1 aliphatic heterocycles. The van der Waals surface area contributed by atoms with Gasteiger partial charge in [-0.2, -0.15) is 0 Å². The van der Waals surface area contributed by atoms with Gasteiger partial charge in [-0.1, -0.05) is 36.4 Å². The Morgan fingerprint density at radius 1 is 1.27 bits per heavy atom. The van der Waals surface area contributed by atoms with Crippen LogP contribution in [0.3, 0.4) is 0 Å². The third-order valence-electron chi connectivity index (χ3n) is 4.37. The number of hydrogen-bond donors (Lipinski definition) is 2. The van der Waals surface area contributed by atoms with Crippen LogP contribution in [0.1, 0.15) is 18.1 Å². The topological polar surface area (TPSA) is 75.8 Å². The van der Waals surface area contributed by atoms with Gasteiger partial charge >= 0.3 is 0 Å². The van der Waals surface area contributed by atoms with E-state index in [9.17, 15) is 0 Å². The molecule has 2 heterocycles. The lowest BCUT2D eigenvalue weighted by atomic mass is 10.1. The van der Waals surface area contributed by atoms with E-state index in [1.165, 1.54) is 5.56 Å². The molecule has 26 heavy (non-hydrogen) atoms. The highest BCUT2D eigenvalue weighted by Crippen LogP contribution is 2.15. The fraction of sp³-hybridized carbons (Fsp3) is 0.400. The van der Waals surface area contributed by atoms with Crippen LogP contribution >= 0.6 is 0 Å². The van der Waals surface area contributed by atoms with Gasteiger partial charge in [-0.15, -0.1) is 0 Å². The number of nitrogens with one attached hydrogen (secondary N) is 1. The van der Waals surface area contributed by atoms with Gasteiger partial charge < -0.3 is 20.7 Å². The van der Waals surface area contributed by atoms with Crippen LogP contribution in [0.4, 0.5) is 5.82 Å². The minimum atomic E-state index is 0.247. The molecule has 0 aliphatic carbocycles. The first-order valence-corrected chi connectivity index (χ1v) is 9.10. The molecule has 0 saturated carbocycles. The standard InChI is InChI=1S/C20H27N5O/c1-16-15-25(11-12-26-16)19-8-7-18(13-23-19)14-24-20(21)22-10-9-17-5-3-2-4-6-17/h2-8,13,16H,9-12,14-15H2,1H3,(H3,21,22,24). The Morgan fingerprint density at radius 2 is 2.12 bits per heavy atom. The number of aromatic nitrogens is 1. The van der Waals surface area contributed by atoms with Crippen molar-refractivity contribution in [3.8, 4) is 0 Å². The maximum Gasteiger partial charge on any atom is 0.188 e. The predicted molar refractivity (Wildman–Crippen MR) is 105 cm³/mol. The summed E-state index contributed by atoms with van der Waals surface area (Å²) in [6, 6.07) is 14.4. The minimum absolute atomic E-state index is 0.247. The molecule has 0 bridgehead atoms. The van der Waals surface area contributed by atoms with Gasteiger partial charge in [0.15, 0.2) is 5.96 Å². The SMILES string of the molecule is CC1CN(c2ccc(CN=C(N)NCCc3ccccc3)cn2)CCO1. The van der Waals surface area contributed by atoms with Gasteiger partial charge in [-0.25, -0.2) is 9.98 Å². The fourth-order valence-corrected chi connectivity index (χ4v) is 2.94. The summed E-state index contributed by atoms with van der Waals surface area (Å²) in [6.07, 6.45) is 3.04. The van der Waals surface area contributed by atoms with Crippen LogP contribution in [-0.2, 0) is 17.7 Å². The second-order valence-corrected chi connectivity index (χ2v) is 6.52. The molecule has 138 valence electrons. The second kappa shape index (κ2) is 9.20. The maximum atomic E-state index is 5.94. The zero-order chi connectivity index (χ0) is 18.2. The van der Waals surface area contributed by atoms with Crippen molar-refractivity contribution in [2.24, 2.45) is 10.7 Å². The number of benzene rings is 1. The summed E-state index contributed by atoms with van der Waals surface area (Å²) in [4.78, 5) is 11.2. The molecule has 1 aliphatic rings. The number of guanidine groups is 1. The summed E-state index contributed by atoms with van der Waals surface area (Å²) in [6.45, 7) is 5.89. The number of nitrogens with zero attached hydrogens (tertiary/aromatic N) is 3. The average molecular weight is 353 g/mol. The lowest BCUT2D eigenvalue weighted by Gasteiger charge is -2.32. The van der Waals surface area contributed by atoms with E-state index in [1.807, 2.05) is 30.5 Å². The highest BCUT2D eigenvalue weighted by Gasteiger charge is 2.17. The molecule has 0 amide bonds. The molecule has 1 aromatic carbocycles. The highest BCUT2D eigenvalue weighted by atomic mass is 16.5. The molecule has 3 N–H and O–H groups in total. The van der Waals surface area contributed by atoms with E-state index in [1.54, 1.807) is 0 Å². The number of hydrogen-bond acceptors (Lipinski definition) is 4. The van der Waals surface area contributed by atoms with Crippen LogP contribution in [-0.4, -0.2) is 43.3 Å². The molecule has 1 aromatic heterocycles. The number of aliphatic imine (C=N–C) groups is 1. The Labute approximate surface area is 155 Å². The molecule has 1 atom stereocenters. The molecule has 0 radical (unpaired) electrons. The molecule has 0 spiro atoms. The van der Waals surface area contributed by atoms with Crippen LogP contribution in [0.2, 0.25) is 0 Å². The summed E-state index contributed by atoms with van der Waals surface area (Å²) >= 11 is 0. The molecular weight excluding hydrogens is 326 g/mol. The van der Waals surface area contributed by atoms with Gasteiger partial charge in [0, 0.05) is 25.8 Å². The van der Waals surface area contributed by atoms with Gasteiger partial charge in [-0.05, 0) is 30.5 Å². The first-order chi connectivity index (χ1) is 12.7. The fourth-order valence-electron chi connectivity index (χ4n) is 2.94. The summed E-state index contributed by atoms with van der Waals surface area (Å²) in [5, 5.41) is 3.15. The molecular formula is C20H27N5O. The van der Waals surface area contributed by atoms with Crippen molar-refractivity contribution in [1.29, 1.82) is 0 Å². The van der Waals surface area contributed by atoms with Gasteiger partial charge in [0.1, 0.15) is 5.82 Å². The second-order valence-electron chi connectivity index (χ2n) is 6.52. The van der Waals surface area contributed by atoms with Crippen molar-refractivity contribution < 1.29 is 4.74 Å². The van der Waals surface area contributed by atoms with Gasteiger partial charge in [0.25, 0.3) is 0 Å². The first kappa shape index (κ1) is 18.2. The summed E-state index contributed by atoms with van der Waals surface area (Å²) in [5.74, 6) is 1.45. The average Bonchev–Trinajstić information content (AvgIpc) is 2.68. The number of anilines is 1. The smallest absolute Gasteiger partial charge is 0.188 e. The maximum absolute atomic E-state index is 5.94. The predicted octanol–water partition coefficient (Wildman–Crippen LogP) is 1.95. The van der Waals surface area contributed by atoms with E-state index in [0.29, 0.717) is 12.5 Å². The quantitative estimate of drug-likeness (QED) is 0.613. The van der Waals surface area contributed by atoms with Crippen molar-refractivity contribution in [2.45, 2.75) is 26.0 Å². The van der Waals surface area contributed by atoms with Crippen molar-refractivity contribution >= 4 is 11.8 Å². The summed E-state index contributed by atoms with van der Waals surface area (Å²) in [5.41, 5.74) is 8.27. The highest BCUT2D eigenvalue weighted by molar-refractivity contribution is 5.77. The monoisotopic (exact) mass is 353 g/mol. The number of ether oxygens (including phenoxy) is 1. The molecule has 6 heteroatoms. The molecule has 6 nitrogen and oxygen atoms in total. The largest absolute Gasteiger partial charge is 0.375 e. The summed E-state index contributed by atoms with van der Waals surface area (Å²) in [7, 11) is 0.